The van der Waals surface area contributed by atoms with E-state index < -0.39 is 5.82 Å². The number of halogens is 2. The number of hydrogen-bond acceptors (Lipinski definition) is 3. The lowest BCUT2D eigenvalue weighted by Gasteiger charge is -2.11. The topological polar surface area (TPSA) is 51.8 Å². The van der Waals surface area contributed by atoms with Crippen molar-refractivity contribution in [2.75, 3.05) is 0 Å². The van der Waals surface area contributed by atoms with Crippen LogP contribution >= 0.6 is 11.6 Å². The van der Waals surface area contributed by atoms with Crippen LogP contribution in [0.25, 0.3) is 0 Å². The maximum absolute atomic E-state index is 13.0. The summed E-state index contributed by atoms with van der Waals surface area (Å²) in [5, 5.41) is 0.110. The van der Waals surface area contributed by atoms with Crippen molar-refractivity contribution in [1.29, 1.82) is 0 Å². The third kappa shape index (κ3) is 3.03. The van der Waals surface area contributed by atoms with Gasteiger partial charge in [-0.3, -0.25) is 0 Å². The van der Waals surface area contributed by atoms with Gasteiger partial charge in [0.1, 0.15) is 11.6 Å². The van der Waals surface area contributed by atoms with Crippen molar-refractivity contribution in [3.05, 3.63) is 58.4 Å². The summed E-state index contributed by atoms with van der Waals surface area (Å²) in [5.74, 6) is 0.256. The van der Waals surface area contributed by atoms with E-state index in [0.717, 1.165) is 11.3 Å². The van der Waals surface area contributed by atoms with E-state index in [1.165, 1.54) is 6.07 Å². The van der Waals surface area contributed by atoms with Gasteiger partial charge in [-0.2, -0.15) is 0 Å². The molecule has 1 heterocycles. The van der Waals surface area contributed by atoms with Crippen LogP contribution in [-0.4, -0.2) is 9.97 Å². The molecule has 0 saturated carbocycles. The van der Waals surface area contributed by atoms with E-state index in [1.807, 2.05) is 6.92 Å². The molecule has 3 nitrogen and oxygen atoms in total. The molecule has 0 bridgehead atoms. The maximum atomic E-state index is 13.0. The number of nitrogens with two attached hydrogens (primary N) is 1. The standard InChI is InChI=1S/C13H13ClFN3/c1-8-17-5-4-13(18-8)12(16)7-9-2-3-11(15)10(14)6-9/h2-6,12H,7,16H2,1H3. The third-order valence-corrected chi connectivity index (χ3v) is 2.91. The van der Waals surface area contributed by atoms with Gasteiger partial charge in [-0.25, -0.2) is 14.4 Å². The van der Waals surface area contributed by atoms with Crippen molar-refractivity contribution < 1.29 is 4.39 Å². The fourth-order valence-corrected chi connectivity index (χ4v) is 1.91. The van der Waals surface area contributed by atoms with E-state index in [-0.39, 0.29) is 11.1 Å². The monoisotopic (exact) mass is 265 g/mol. The third-order valence-electron chi connectivity index (χ3n) is 2.62. The van der Waals surface area contributed by atoms with Gasteiger partial charge >= 0.3 is 0 Å². The second kappa shape index (κ2) is 5.42. The Kier molecular flexibility index (Phi) is 3.89. The molecule has 2 aromatic rings. The van der Waals surface area contributed by atoms with Crippen LogP contribution in [0.4, 0.5) is 4.39 Å². The fourth-order valence-electron chi connectivity index (χ4n) is 1.71. The van der Waals surface area contributed by atoms with Gasteiger partial charge in [-0.1, -0.05) is 17.7 Å². The molecule has 1 aromatic carbocycles. The van der Waals surface area contributed by atoms with Crippen LogP contribution in [0.2, 0.25) is 5.02 Å². The number of rotatable bonds is 3. The molecule has 18 heavy (non-hydrogen) atoms. The molecule has 2 rings (SSSR count). The molecular formula is C13H13ClFN3. The Bertz CT molecular complexity index is 560. The van der Waals surface area contributed by atoms with Crippen LogP contribution in [0.5, 0.6) is 0 Å². The van der Waals surface area contributed by atoms with E-state index >= 15 is 0 Å². The molecule has 0 fully saturated rings. The highest BCUT2D eigenvalue weighted by atomic mass is 35.5. The van der Waals surface area contributed by atoms with Crippen molar-refractivity contribution in [2.45, 2.75) is 19.4 Å². The summed E-state index contributed by atoms with van der Waals surface area (Å²) < 4.78 is 13.0. The number of hydrogen-bond donors (Lipinski definition) is 1. The summed E-state index contributed by atoms with van der Waals surface area (Å²) in [6.07, 6.45) is 2.23. The SMILES string of the molecule is Cc1nccc(C(N)Cc2ccc(F)c(Cl)c2)n1. The first kappa shape index (κ1) is 12.9. The van der Waals surface area contributed by atoms with E-state index in [9.17, 15) is 4.39 Å². The van der Waals surface area contributed by atoms with Gasteiger partial charge in [-0.15, -0.1) is 0 Å². The molecule has 0 saturated heterocycles. The lowest BCUT2D eigenvalue weighted by molar-refractivity contribution is 0.625. The van der Waals surface area contributed by atoms with E-state index in [1.54, 1.807) is 24.4 Å². The fraction of sp³-hybridized carbons (Fsp3) is 0.231. The molecule has 0 amide bonds. The Morgan fingerprint density at radius 3 is 2.83 bits per heavy atom. The van der Waals surface area contributed by atoms with Crippen molar-refractivity contribution in [1.82, 2.24) is 9.97 Å². The summed E-state index contributed by atoms with van der Waals surface area (Å²) in [7, 11) is 0. The van der Waals surface area contributed by atoms with Crippen molar-refractivity contribution in [2.24, 2.45) is 5.73 Å². The normalized spacial score (nSPS) is 12.4. The summed E-state index contributed by atoms with van der Waals surface area (Å²) in [5.41, 5.74) is 7.70. The van der Waals surface area contributed by atoms with Crippen LogP contribution in [0.15, 0.2) is 30.5 Å². The molecule has 1 unspecified atom stereocenters. The maximum Gasteiger partial charge on any atom is 0.141 e. The molecular weight excluding hydrogens is 253 g/mol. The van der Waals surface area contributed by atoms with Crippen molar-refractivity contribution >= 4 is 11.6 Å². The van der Waals surface area contributed by atoms with Crippen LogP contribution in [0, 0.1) is 12.7 Å². The number of benzene rings is 1. The molecule has 1 atom stereocenters. The Labute approximate surface area is 110 Å². The van der Waals surface area contributed by atoms with Crippen LogP contribution in [-0.2, 0) is 6.42 Å². The molecule has 2 N–H and O–H groups in total. The first-order chi connectivity index (χ1) is 8.56. The summed E-state index contributed by atoms with van der Waals surface area (Å²) in [6.45, 7) is 1.81. The average molecular weight is 266 g/mol. The molecule has 5 heteroatoms. The van der Waals surface area contributed by atoms with Crippen LogP contribution in [0.1, 0.15) is 23.1 Å². The number of aryl methyl sites for hydroxylation is 1. The zero-order valence-corrected chi connectivity index (χ0v) is 10.7. The minimum absolute atomic E-state index is 0.110. The van der Waals surface area contributed by atoms with Crippen LogP contribution in [0.3, 0.4) is 0 Å². The largest absolute Gasteiger partial charge is 0.322 e. The Balaban J connectivity index is 2.16. The molecule has 0 radical (unpaired) electrons. The molecule has 0 aliphatic carbocycles. The minimum Gasteiger partial charge on any atom is -0.322 e. The number of aromatic nitrogens is 2. The molecule has 0 spiro atoms. The molecule has 1 aromatic heterocycles. The molecule has 0 aliphatic rings. The minimum atomic E-state index is -0.424. The highest BCUT2D eigenvalue weighted by Gasteiger charge is 2.10. The Morgan fingerprint density at radius 2 is 2.17 bits per heavy atom. The van der Waals surface area contributed by atoms with Gasteiger partial charge in [0.2, 0.25) is 0 Å². The highest BCUT2D eigenvalue weighted by molar-refractivity contribution is 6.30. The van der Waals surface area contributed by atoms with Gasteiger partial charge < -0.3 is 5.73 Å². The Morgan fingerprint density at radius 1 is 1.39 bits per heavy atom. The van der Waals surface area contributed by atoms with Gasteiger partial charge in [0.05, 0.1) is 16.8 Å². The van der Waals surface area contributed by atoms with Crippen molar-refractivity contribution in [3.8, 4) is 0 Å². The van der Waals surface area contributed by atoms with Crippen molar-refractivity contribution in [3.63, 3.8) is 0 Å². The quantitative estimate of drug-likeness (QED) is 0.928. The predicted octanol–water partition coefficient (Wildman–Crippen LogP) is 2.82. The van der Waals surface area contributed by atoms with Crippen LogP contribution < -0.4 is 5.73 Å². The lowest BCUT2D eigenvalue weighted by atomic mass is 10.0. The first-order valence-electron chi connectivity index (χ1n) is 5.55. The van der Waals surface area contributed by atoms with Gasteiger partial charge in [0.15, 0.2) is 0 Å². The van der Waals surface area contributed by atoms with E-state index in [2.05, 4.69) is 9.97 Å². The molecule has 0 aliphatic heterocycles. The zero-order valence-electron chi connectivity index (χ0n) is 9.90. The number of nitrogens with zero attached hydrogens (tertiary/aromatic N) is 2. The first-order valence-corrected chi connectivity index (χ1v) is 5.93. The Hall–Kier alpha value is -1.52. The van der Waals surface area contributed by atoms with Gasteiger partial charge in [-0.05, 0) is 37.1 Å². The summed E-state index contributed by atoms with van der Waals surface area (Å²) in [4.78, 5) is 8.28. The zero-order chi connectivity index (χ0) is 13.1. The second-order valence-electron chi connectivity index (χ2n) is 4.09. The summed E-state index contributed by atoms with van der Waals surface area (Å²) in [6, 6.07) is 6.13. The smallest absolute Gasteiger partial charge is 0.141 e. The van der Waals surface area contributed by atoms with Gasteiger partial charge in [0, 0.05) is 6.20 Å². The predicted molar refractivity (Wildman–Crippen MR) is 68.8 cm³/mol. The van der Waals surface area contributed by atoms with E-state index in [4.69, 9.17) is 17.3 Å². The second-order valence-corrected chi connectivity index (χ2v) is 4.49. The summed E-state index contributed by atoms with van der Waals surface area (Å²) >= 11 is 5.73. The lowest BCUT2D eigenvalue weighted by Crippen LogP contribution is -2.15. The highest BCUT2D eigenvalue weighted by Crippen LogP contribution is 2.20. The average Bonchev–Trinajstić information content (AvgIpc) is 2.34. The van der Waals surface area contributed by atoms with E-state index in [0.29, 0.717) is 12.2 Å². The van der Waals surface area contributed by atoms with Gasteiger partial charge in [0.25, 0.3) is 0 Å². The molecule has 94 valence electrons.